The molecule has 2 unspecified atom stereocenters. The zero-order valence-corrected chi connectivity index (χ0v) is 16.4. The molecule has 0 aliphatic heterocycles. The Morgan fingerprint density at radius 3 is 2.96 bits per heavy atom. The number of hydrogen-bond donors (Lipinski definition) is 1. The summed E-state index contributed by atoms with van der Waals surface area (Å²) in [6.45, 7) is 2.98. The lowest BCUT2D eigenvalue weighted by Gasteiger charge is -2.06. The molecule has 0 aromatic carbocycles. The van der Waals surface area contributed by atoms with E-state index in [1.807, 2.05) is 17.4 Å². The summed E-state index contributed by atoms with van der Waals surface area (Å²) in [5.41, 5.74) is 1.33. The Morgan fingerprint density at radius 2 is 2.15 bits per heavy atom. The quantitative estimate of drug-likeness (QED) is 0.698. The Bertz CT molecular complexity index is 740. The van der Waals surface area contributed by atoms with E-state index in [1.165, 1.54) is 41.3 Å². The Balaban J connectivity index is 1.13. The van der Waals surface area contributed by atoms with Gasteiger partial charge in [0.25, 0.3) is 0 Å². The molecule has 0 bridgehead atoms. The van der Waals surface area contributed by atoms with E-state index in [2.05, 4.69) is 18.3 Å². The minimum atomic E-state index is 0.112. The van der Waals surface area contributed by atoms with Gasteiger partial charge in [-0.2, -0.15) is 0 Å². The molecule has 2 aliphatic carbocycles. The van der Waals surface area contributed by atoms with Crippen molar-refractivity contribution in [3.8, 4) is 0 Å². The largest absolute Gasteiger partial charge is 0.466 e. The van der Waals surface area contributed by atoms with E-state index in [4.69, 9.17) is 9.40 Å². The van der Waals surface area contributed by atoms with Crippen LogP contribution < -0.4 is 5.32 Å². The molecule has 26 heavy (non-hydrogen) atoms. The van der Waals surface area contributed by atoms with Gasteiger partial charge in [-0.25, -0.2) is 4.98 Å². The number of aryl methyl sites for hydroxylation is 4. The number of thiazole rings is 1. The van der Waals surface area contributed by atoms with Crippen molar-refractivity contribution in [2.45, 2.75) is 70.6 Å². The van der Waals surface area contributed by atoms with Gasteiger partial charge in [0.15, 0.2) is 0 Å². The van der Waals surface area contributed by atoms with E-state index < -0.39 is 0 Å². The molecule has 2 aromatic heterocycles. The number of furan rings is 1. The van der Waals surface area contributed by atoms with Crippen molar-refractivity contribution in [1.82, 2.24) is 10.3 Å². The first-order valence-corrected chi connectivity index (χ1v) is 10.8. The molecule has 1 fully saturated rings. The monoisotopic (exact) mass is 372 g/mol. The summed E-state index contributed by atoms with van der Waals surface area (Å²) in [6.07, 6.45) is 9.29. The van der Waals surface area contributed by atoms with Crippen LogP contribution in [0.4, 0.5) is 0 Å². The third-order valence-corrected chi connectivity index (χ3v) is 6.75. The van der Waals surface area contributed by atoms with Gasteiger partial charge in [0, 0.05) is 36.6 Å². The summed E-state index contributed by atoms with van der Waals surface area (Å²) in [6, 6.07) is 4.10. The Morgan fingerprint density at radius 1 is 1.31 bits per heavy atom. The minimum Gasteiger partial charge on any atom is -0.466 e. The van der Waals surface area contributed by atoms with Crippen molar-refractivity contribution in [1.29, 1.82) is 0 Å². The number of amides is 1. The minimum absolute atomic E-state index is 0.112. The van der Waals surface area contributed by atoms with Crippen LogP contribution >= 0.6 is 11.3 Å². The van der Waals surface area contributed by atoms with Crippen LogP contribution in [0.15, 0.2) is 16.5 Å². The maximum atomic E-state index is 12.0. The van der Waals surface area contributed by atoms with Crippen LogP contribution in [0.1, 0.15) is 72.0 Å². The summed E-state index contributed by atoms with van der Waals surface area (Å²) in [7, 11) is 0. The molecule has 0 radical (unpaired) electrons. The van der Waals surface area contributed by atoms with E-state index in [-0.39, 0.29) is 5.91 Å². The molecule has 2 atom stereocenters. The van der Waals surface area contributed by atoms with Crippen LogP contribution in [0.25, 0.3) is 0 Å². The maximum Gasteiger partial charge on any atom is 0.220 e. The van der Waals surface area contributed by atoms with Crippen LogP contribution in [-0.2, 0) is 30.5 Å². The number of fused-ring (bicyclic) bond motifs is 1. The summed E-state index contributed by atoms with van der Waals surface area (Å²) < 4.78 is 5.86. The highest BCUT2D eigenvalue weighted by Gasteiger charge is 2.36. The molecule has 5 heteroatoms. The van der Waals surface area contributed by atoms with Crippen molar-refractivity contribution >= 4 is 17.2 Å². The fourth-order valence-corrected chi connectivity index (χ4v) is 4.95. The normalized spacial score (nSPS) is 21.4. The fourth-order valence-electron chi connectivity index (χ4n) is 3.75. The van der Waals surface area contributed by atoms with Crippen LogP contribution in [-0.4, -0.2) is 17.4 Å². The van der Waals surface area contributed by atoms with Gasteiger partial charge in [0.2, 0.25) is 5.91 Å². The van der Waals surface area contributed by atoms with E-state index in [0.717, 1.165) is 43.2 Å². The standard InChI is InChI=1S/C21H28N2O2S/c1-14-13-16(14)18-10-8-15(25-18)9-11-20(24)22-12-4-7-21-23-17-5-2-3-6-19(17)26-21/h8,10,14,16H,2-7,9,11-13H2,1H3,(H,22,24). The predicted octanol–water partition coefficient (Wildman–Crippen LogP) is 4.42. The first-order chi connectivity index (χ1) is 12.7. The number of rotatable bonds is 8. The molecule has 2 heterocycles. The molecule has 1 N–H and O–H groups in total. The summed E-state index contributed by atoms with van der Waals surface area (Å²) in [5, 5.41) is 4.27. The summed E-state index contributed by atoms with van der Waals surface area (Å²) >= 11 is 1.88. The van der Waals surface area contributed by atoms with E-state index in [0.29, 0.717) is 18.8 Å². The third kappa shape index (κ3) is 4.37. The first-order valence-electron chi connectivity index (χ1n) is 10.0. The molecular formula is C21H28N2O2S. The summed E-state index contributed by atoms with van der Waals surface area (Å²) in [5.74, 6) is 3.50. The molecule has 4 rings (SSSR count). The number of hydrogen-bond acceptors (Lipinski definition) is 4. The number of aromatic nitrogens is 1. The predicted molar refractivity (Wildman–Crippen MR) is 104 cm³/mol. The Labute approximate surface area is 159 Å². The number of nitrogens with zero attached hydrogens (tertiary/aromatic N) is 1. The highest BCUT2D eigenvalue weighted by atomic mass is 32.1. The zero-order valence-electron chi connectivity index (χ0n) is 15.6. The Hall–Kier alpha value is -1.62. The van der Waals surface area contributed by atoms with Gasteiger partial charge in [0.05, 0.1) is 10.7 Å². The fraction of sp³-hybridized carbons (Fsp3) is 0.619. The molecule has 2 aromatic rings. The SMILES string of the molecule is CC1CC1c1ccc(CCC(=O)NCCCc2nc3c(s2)CCCC3)o1. The van der Waals surface area contributed by atoms with Gasteiger partial charge < -0.3 is 9.73 Å². The highest BCUT2D eigenvalue weighted by Crippen LogP contribution is 2.47. The highest BCUT2D eigenvalue weighted by molar-refractivity contribution is 7.11. The van der Waals surface area contributed by atoms with Gasteiger partial charge >= 0.3 is 0 Å². The molecule has 0 spiro atoms. The maximum absolute atomic E-state index is 12.0. The molecule has 2 aliphatic rings. The van der Waals surface area contributed by atoms with Crippen molar-refractivity contribution in [3.63, 3.8) is 0 Å². The van der Waals surface area contributed by atoms with Crippen molar-refractivity contribution in [2.24, 2.45) is 5.92 Å². The molecule has 1 saturated carbocycles. The van der Waals surface area contributed by atoms with E-state index >= 15 is 0 Å². The van der Waals surface area contributed by atoms with Crippen molar-refractivity contribution < 1.29 is 9.21 Å². The van der Waals surface area contributed by atoms with Gasteiger partial charge in [-0.3, -0.25) is 4.79 Å². The molecule has 140 valence electrons. The van der Waals surface area contributed by atoms with Gasteiger partial charge in [-0.1, -0.05) is 6.92 Å². The second-order valence-corrected chi connectivity index (χ2v) is 8.93. The van der Waals surface area contributed by atoms with Gasteiger partial charge in [-0.05, 0) is 56.6 Å². The number of carbonyl (C=O) groups excluding carboxylic acids is 1. The van der Waals surface area contributed by atoms with Crippen LogP contribution in [0.3, 0.4) is 0 Å². The first kappa shape index (κ1) is 17.8. The van der Waals surface area contributed by atoms with Gasteiger partial charge in [0.1, 0.15) is 11.5 Å². The van der Waals surface area contributed by atoms with E-state index in [1.54, 1.807) is 0 Å². The lowest BCUT2D eigenvalue weighted by atomic mass is 10.0. The lowest BCUT2D eigenvalue weighted by Crippen LogP contribution is -2.24. The zero-order chi connectivity index (χ0) is 17.9. The average molecular weight is 373 g/mol. The van der Waals surface area contributed by atoms with Crippen LogP contribution in [0.2, 0.25) is 0 Å². The van der Waals surface area contributed by atoms with Gasteiger partial charge in [-0.15, -0.1) is 11.3 Å². The topological polar surface area (TPSA) is 55.1 Å². The van der Waals surface area contributed by atoms with E-state index in [9.17, 15) is 4.79 Å². The molecular weight excluding hydrogens is 344 g/mol. The average Bonchev–Trinajstić information content (AvgIpc) is 3.06. The second-order valence-electron chi connectivity index (χ2n) is 7.76. The molecule has 0 saturated heterocycles. The van der Waals surface area contributed by atoms with Crippen LogP contribution in [0.5, 0.6) is 0 Å². The molecule has 1 amide bonds. The van der Waals surface area contributed by atoms with Crippen molar-refractivity contribution in [2.75, 3.05) is 6.54 Å². The Kier molecular flexibility index (Phi) is 5.44. The lowest BCUT2D eigenvalue weighted by molar-refractivity contribution is -0.121. The second kappa shape index (κ2) is 7.95. The number of nitrogens with one attached hydrogen (secondary N) is 1. The molecule has 4 nitrogen and oxygen atoms in total. The van der Waals surface area contributed by atoms with Crippen LogP contribution in [0, 0.1) is 5.92 Å². The smallest absolute Gasteiger partial charge is 0.220 e. The number of carbonyl (C=O) groups is 1. The summed E-state index contributed by atoms with van der Waals surface area (Å²) in [4.78, 5) is 18.3. The third-order valence-electron chi connectivity index (χ3n) is 5.54. The van der Waals surface area contributed by atoms with Crippen molar-refractivity contribution in [3.05, 3.63) is 39.2 Å².